The van der Waals surface area contributed by atoms with E-state index in [-0.39, 0.29) is 30.4 Å². The van der Waals surface area contributed by atoms with Gasteiger partial charge in [0.25, 0.3) is 0 Å². The lowest BCUT2D eigenvalue weighted by molar-refractivity contribution is -0.151. The third kappa shape index (κ3) is 5.34. The van der Waals surface area contributed by atoms with E-state index in [2.05, 4.69) is 10.6 Å². The van der Waals surface area contributed by atoms with Crippen molar-refractivity contribution in [2.75, 3.05) is 6.54 Å². The van der Waals surface area contributed by atoms with Crippen molar-refractivity contribution in [1.29, 1.82) is 0 Å². The molecular formula is C19H28N2O3. The Labute approximate surface area is 144 Å². The first kappa shape index (κ1) is 18.5. The molecule has 0 aromatic heterocycles. The van der Waals surface area contributed by atoms with Gasteiger partial charge in [-0.1, -0.05) is 57.0 Å². The van der Waals surface area contributed by atoms with Crippen LogP contribution >= 0.6 is 0 Å². The third-order valence-electron chi connectivity index (χ3n) is 4.62. The summed E-state index contributed by atoms with van der Waals surface area (Å²) in [6, 6.07) is 8.76. The molecule has 2 N–H and O–H groups in total. The van der Waals surface area contributed by atoms with E-state index in [4.69, 9.17) is 4.74 Å². The molecule has 1 fully saturated rings. The molecule has 1 saturated heterocycles. The second kappa shape index (κ2) is 9.42. The Kier molecular flexibility index (Phi) is 7.25. The van der Waals surface area contributed by atoms with E-state index < -0.39 is 6.04 Å². The van der Waals surface area contributed by atoms with Gasteiger partial charge in [0.05, 0.1) is 6.04 Å². The smallest absolute Gasteiger partial charge is 0.329 e. The molecule has 0 saturated carbocycles. The van der Waals surface area contributed by atoms with E-state index >= 15 is 0 Å². The fourth-order valence-corrected chi connectivity index (χ4v) is 2.82. The van der Waals surface area contributed by atoms with Crippen LogP contribution in [0.3, 0.4) is 0 Å². The highest BCUT2D eigenvalue weighted by Gasteiger charge is 2.30. The zero-order valence-corrected chi connectivity index (χ0v) is 14.6. The molecule has 0 bridgehead atoms. The maximum Gasteiger partial charge on any atom is 0.329 e. The van der Waals surface area contributed by atoms with Gasteiger partial charge in [0.15, 0.2) is 0 Å². The molecule has 1 aromatic carbocycles. The molecule has 1 aliphatic heterocycles. The lowest BCUT2D eigenvalue weighted by atomic mass is 9.97. The quantitative estimate of drug-likeness (QED) is 0.753. The van der Waals surface area contributed by atoms with E-state index in [0.717, 1.165) is 37.8 Å². The summed E-state index contributed by atoms with van der Waals surface area (Å²) in [6.45, 7) is 5.05. The van der Waals surface area contributed by atoms with Gasteiger partial charge in [-0.2, -0.15) is 0 Å². The highest BCUT2D eigenvalue weighted by molar-refractivity contribution is 5.87. The van der Waals surface area contributed by atoms with Gasteiger partial charge in [0.2, 0.25) is 5.91 Å². The zero-order chi connectivity index (χ0) is 17.4. The standard InChI is InChI=1S/C19H28N2O3/c1-3-14(2)17(21-18(22)16-11-7-8-12-20-16)19(23)24-13-15-9-5-4-6-10-15/h4-6,9-10,14,16-17,20H,3,7-8,11-13H2,1-2H3,(H,21,22). The van der Waals surface area contributed by atoms with E-state index in [1.807, 2.05) is 44.2 Å². The first-order valence-corrected chi connectivity index (χ1v) is 8.86. The summed E-state index contributed by atoms with van der Waals surface area (Å²) < 4.78 is 5.43. The number of carbonyl (C=O) groups is 2. The molecule has 1 heterocycles. The van der Waals surface area contributed by atoms with E-state index in [9.17, 15) is 9.59 Å². The summed E-state index contributed by atoms with van der Waals surface area (Å²) >= 11 is 0. The number of benzene rings is 1. The first-order chi connectivity index (χ1) is 11.6. The van der Waals surface area contributed by atoms with Crippen molar-refractivity contribution in [3.8, 4) is 0 Å². The number of carbonyl (C=O) groups excluding carboxylic acids is 2. The lowest BCUT2D eigenvalue weighted by Crippen LogP contribution is -2.53. The van der Waals surface area contributed by atoms with Gasteiger partial charge in [-0.15, -0.1) is 0 Å². The van der Waals surface area contributed by atoms with Crippen molar-refractivity contribution < 1.29 is 14.3 Å². The number of amides is 1. The molecule has 3 unspecified atom stereocenters. The van der Waals surface area contributed by atoms with E-state index in [0.29, 0.717) is 0 Å². The Bertz CT molecular complexity index is 527. The Hall–Kier alpha value is -1.88. The molecule has 5 nitrogen and oxygen atoms in total. The summed E-state index contributed by atoms with van der Waals surface area (Å²) in [5, 5.41) is 6.11. The number of piperidine rings is 1. The van der Waals surface area contributed by atoms with Crippen LogP contribution in [-0.2, 0) is 20.9 Å². The minimum absolute atomic E-state index is 0.0285. The van der Waals surface area contributed by atoms with Crippen LogP contribution in [0.15, 0.2) is 30.3 Å². The largest absolute Gasteiger partial charge is 0.459 e. The van der Waals surface area contributed by atoms with Crippen molar-refractivity contribution >= 4 is 11.9 Å². The van der Waals surface area contributed by atoms with Crippen molar-refractivity contribution in [2.45, 2.75) is 58.2 Å². The summed E-state index contributed by atoms with van der Waals surface area (Å²) in [4.78, 5) is 24.9. The van der Waals surface area contributed by atoms with Crippen LogP contribution in [0.1, 0.15) is 45.1 Å². The summed E-state index contributed by atoms with van der Waals surface area (Å²) in [7, 11) is 0. The van der Waals surface area contributed by atoms with Crippen LogP contribution < -0.4 is 10.6 Å². The number of ether oxygens (including phenoxy) is 1. The Morgan fingerprint density at radius 2 is 2.04 bits per heavy atom. The maximum absolute atomic E-state index is 12.5. The van der Waals surface area contributed by atoms with Gasteiger partial charge < -0.3 is 15.4 Å². The molecule has 1 amide bonds. The van der Waals surface area contributed by atoms with Crippen molar-refractivity contribution in [3.05, 3.63) is 35.9 Å². The van der Waals surface area contributed by atoms with Gasteiger partial charge in [-0.25, -0.2) is 4.79 Å². The minimum Gasteiger partial charge on any atom is -0.459 e. The molecule has 0 radical (unpaired) electrons. The molecule has 0 aliphatic carbocycles. The highest BCUT2D eigenvalue weighted by atomic mass is 16.5. The summed E-state index contributed by atoms with van der Waals surface area (Å²) in [6.07, 6.45) is 3.75. The molecule has 1 aromatic rings. The fraction of sp³-hybridized carbons (Fsp3) is 0.579. The van der Waals surface area contributed by atoms with Crippen LogP contribution in [-0.4, -0.2) is 30.5 Å². The molecule has 5 heteroatoms. The maximum atomic E-state index is 12.5. The third-order valence-corrected chi connectivity index (χ3v) is 4.62. The molecule has 1 aliphatic rings. The zero-order valence-electron chi connectivity index (χ0n) is 14.6. The van der Waals surface area contributed by atoms with Crippen LogP contribution in [0, 0.1) is 5.92 Å². The van der Waals surface area contributed by atoms with Crippen LogP contribution in [0.2, 0.25) is 0 Å². The molecule has 0 spiro atoms. The van der Waals surface area contributed by atoms with Crippen LogP contribution in [0.4, 0.5) is 0 Å². The van der Waals surface area contributed by atoms with E-state index in [1.54, 1.807) is 0 Å². The Balaban J connectivity index is 1.93. The number of nitrogens with one attached hydrogen (secondary N) is 2. The number of esters is 1. The molecule has 2 rings (SSSR count). The average molecular weight is 332 g/mol. The number of hydrogen-bond acceptors (Lipinski definition) is 4. The predicted molar refractivity (Wildman–Crippen MR) is 93.3 cm³/mol. The first-order valence-electron chi connectivity index (χ1n) is 8.86. The van der Waals surface area contributed by atoms with Crippen LogP contribution in [0.25, 0.3) is 0 Å². The van der Waals surface area contributed by atoms with Gasteiger partial charge in [-0.05, 0) is 30.9 Å². The van der Waals surface area contributed by atoms with Gasteiger partial charge in [0, 0.05) is 0 Å². The fourth-order valence-electron chi connectivity index (χ4n) is 2.82. The van der Waals surface area contributed by atoms with Gasteiger partial charge in [0.1, 0.15) is 12.6 Å². The Morgan fingerprint density at radius 1 is 1.29 bits per heavy atom. The van der Waals surface area contributed by atoms with Crippen LogP contribution in [0.5, 0.6) is 0 Å². The van der Waals surface area contributed by atoms with E-state index in [1.165, 1.54) is 0 Å². The van der Waals surface area contributed by atoms with Crippen molar-refractivity contribution in [1.82, 2.24) is 10.6 Å². The van der Waals surface area contributed by atoms with Gasteiger partial charge in [-0.3, -0.25) is 4.79 Å². The molecular weight excluding hydrogens is 304 g/mol. The molecule has 132 valence electrons. The number of rotatable bonds is 7. The topological polar surface area (TPSA) is 67.4 Å². The minimum atomic E-state index is -0.602. The predicted octanol–water partition coefficient (Wildman–Crippen LogP) is 2.40. The number of hydrogen-bond donors (Lipinski definition) is 2. The normalized spacial score (nSPS) is 20.0. The molecule has 24 heavy (non-hydrogen) atoms. The second-order valence-corrected chi connectivity index (χ2v) is 6.47. The lowest BCUT2D eigenvalue weighted by Gasteiger charge is -2.27. The van der Waals surface area contributed by atoms with Crippen molar-refractivity contribution in [2.24, 2.45) is 5.92 Å². The Morgan fingerprint density at radius 3 is 2.67 bits per heavy atom. The monoisotopic (exact) mass is 332 g/mol. The average Bonchev–Trinajstić information content (AvgIpc) is 2.65. The SMILES string of the molecule is CCC(C)C(NC(=O)C1CCCCN1)C(=O)OCc1ccccc1. The van der Waals surface area contributed by atoms with Crippen molar-refractivity contribution in [3.63, 3.8) is 0 Å². The molecule has 3 atom stereocenters. The summed E-state index contributed by atoms with van der Waals surface area (Å²) in [5.74, 6) is -0.435. The summed E-state index contributed by atoms with van der Waals surface area (Å²) in [5.41, 5.74) is 0.939. The van der Waals surface area contributed by atoms with Gasteiger partial charge >= 0.3 is 5.97 Å². The second-order valence-electron chi connectivity index (χ2n) is 6.47. The highest BCUT2D eigenvalue weighted by Crippen LogP contribution is 2.13.